The number of hydrogen-bond acceptors (Lipinski definition) is 5. The predicted octanol–water partition coefficient (Wildman–Crippen LogP) is 3.16. The third-order valence-electron chi connectivity index (χ3n) is 7.95. The molecule has 6 atom stereocenters. The molecule has 0 aromatic rings. The van der Waals surface area contributed by atoms with Crippen LogP contribution in [-0.4, -0.2) is 53.2 Å². The van der Waals surface area contributed by atoms with Gasteiger partial charge in [0, 0.05) is 0 Å². The van der Waals surface area contributed by atoms with E-state index < -0.39 is 35.1 Å². The van der Waals surface area contributed by atoms with Crippen LogP contribution in [0.15, 0.2) is 23.8 Å². The number of amides is 2. The zero-order chi connectivity index (χ0) is 23.2. The number of cyclic esters (lactones) is 1. The molecule has 172 valence electrons. The smallest absolute Gasteiger partial charge is 0.417 e. The second-order valence-electron chi connectivity index (χ2n) is 9.24. The molecule has 1 N–H and O–H groups in total. The SMILES string of the molecule is C=C1CC[C@@H]2[C@@H](C)[C@](O)(C(F)(F)F)CC[C@@]2(C)[C@@H]1C/C=C1/C(=O)OCC1N(C=O)C=O. The van der Waals surface area contributed by atoms with Gasteiger partial charge in [-0.25, -0.2) is 4.79 Å². The molecule has 6 nitrogen and oxygen atoms in total. The molecular formula is C22H28F3NO5. The molecule has 0 aromatic carbocycles. The van der Waals surface area contributed by atoms with Gasteiger partial charge in [0.15, 0.2) is 5.60 Å². The topological polar surface area (TPSA) is 83.9 Å². The summed E-state index contributed by atoms with van der Waals surface area (Å²) in [6, 6.07) is -0.816. The van der Waals surface area contributed by atoms with Crippen LogP contribution in [0, 0.1) is 23.2 Å². The fourth-order valence-electron chi connectivity index (χ4n) is 5.95. The normalized spacial score (nSPS) is 39.7. The number of ether oxygens (including phenoxy) is 1. The van der Waals surface area contributed by atoms with Gasteiger partial charge in [0.1, 0.15) is 12.6 Å². The van der Waals surface area contributed by atoms with Crippen molar-refractivity contribution in [2.75, 3.05) is 6.61 Å². The molecule has 3 aliphatic rings. The number of imide groups is 1. The number of carbonyl (C=O) groups is 3. The summed E-state index contributed by atoms with van der Waals surface area (Å²) in [4.78, 5) is 35.2. The van der Waals surface area contributed by atoms with Crippen LogP contribution in [0.2, 0.25) is 0 Å². The Hall–Kier alpha value is -2.16. The van der Waals surface area contributed by atoms with Crippen LogP contribution in [0.1, 0.15) is 46.0 Å². The van der Waals surface area contributed by atoms with E-state index in [1.54, 1.807) is 6.08 Å². The van der Waals surface area contributed by atoms with Gasteiger partial charge in [-0.3, -0.25) is 14.5 Å². The summed E-state index contributed by atoms with van der Waals surface area (Å²) in [5.41, 5.74) is -2.16. The van der Waals surface area contributed by atoms with E-state index in [1.807, 2.05) is 6.92 Å². The largest absolute Gasteiger partial charge is 0.460 e. The highest BCUT2D eigenvalue weighted by atomic mass is 19.4. The van der Waals surface area contributed by atoms with Crippen molar-refractivity contribution >= 4 is 18.8 Å². The Balaban J connectivity index is 1.89. The summed E-state index contributed by atoms with van der Waals surface area (Å²) < 4.78 is 45.9. The highest BCUT2D eigenvalue weighted by Gasteiger charge is 2.65. The summed E-state index contributed by atoms with van der Waals surface area (Å²) in [7, 11) is 0. The van der Waals surface area contributed by atoms with E-state index in [-0.39, 0.29) is 36.9 Å². The minimum absolute atomic E-state index is 0.122. The van der Waals surface area contributed by atoms with Crippen molar-refractivity contribution in [2.45, 2.75) is 63.8 Å². The van der Waals surface area contributed by atoms with Crippen LogP contribution < -0.4 is 0 Å². The van der Waals surface area contributed by atoms with Gasteiger partial charge in [-0.2, -0.15) is 13.2 Å². The fourth-order valence-corrected chi connectivity index (χ4v) is 5.95. The first-order valence-corrected chi connectivity index (χ1v) is 10.4. The quantitative estimate of drug-likeness (QED) is 0.305. The van der Waals surface area contributed by atoms with Gasteiger partial charge in [0.25, 0.3) is 0 Å². The van der Waals surface area contributed by atoms with Crippen LogP contribution in [0.4, 0.5) is 13.2 Å². The predicted molar refractivity (Wildman–Crippen MR) is 104 cm³/mol. The Morgan fingerprint density at radius 2 is 1.94 bits per heavy atom. The number of alkyl halides is 3. The Labute approximate surface area is 179 Å². The van der Waals surface area contributed by atoms with Gasteiger partial charge in [0.2, 0.25) is 12.8 Å². The molecule has 0 aromatic heterocycles. The lowest BCUT2D eigenvalue weighted by molar-refractivity contribution is -0.306. The van der Waals surface area contributed by atoms with E-state index >= 15 is 0 Å². The van der Waals surface area contributed by atoms with Crippen molar-refractivity contribution in [3.63, 3.8) is 0 Å². The number of halogens is 3. The first kappa shape index (κ1) is 23.5. The van der Waals surface area contributed by atoms with Crippen LogP contribution in [0.5, 0.6) is 0 Å². The van der Waals surface area contributed by atoms with Gasteiger partial charge < -0.3 is 9.84 Å². The zero-order valence-electron chi connectivity index (χ0n) is 17.7. The lowest BCUT2D eigenvalue weighted by atomic mass is 9.48. The maximum absolute atomic E-state index is 13.6. The van der Waals surface area contributed by atoms with E-state index in [4.69, 9.17) is 4.74 Å². The second-order valence-corrected chi connectivity index (χ2v) is 9.24. The monoisotopic (exact) mass is 443 g/mol. The van der Waals surface area contributed by atoms with E-state index in [0.717, 1.165) is 10.5 Å². The number of nitrogens with zero attached hydrogens (tertiary/aromatic N) is 1. The molecule has 0 bridgehead atoms. The molecule has 3 fully saturated rings. The van der Waals surface area contributed by atoms with Crippen LogP contribution in [0.3, 0.4) is 0 Å². The molecule has 1 heterocycles. The maximum atomic E-state index is 13.6. The molecule has 2 saturated carbocycles. The molecule has 1 unspecified atom stereocenters. The first-order valence-electron chi connectivity index (χ1n) is 10.4. The number of allylic oxidation sites excluding steroid dienone is 2. The number of fused-ring (bicyclic) bond motifs is 1. The minimum atomic E-state index is -4.70. The summed E-state index contributed by atoms with van der Waals surface area (Å²) >= 11 is 0. The molecule has 3 rings (SSSR count). The van der Waals surface area contributed by atoms with E-state index in [2.05, 4.69) is 6.58 Å². The molecule has 9 heteroatoms. The van der Waals surface area contributed by atoms with E-state index in [0.29, 0.717) is 32.1 Å². The Kier molecular flexibility index (Phi) is 6.12. The first-order chi connectivity index (χ1) is 14.4. The van der Waals surface area contributed by atoms with Crippen molar-refractivity contribution in [2.24, 2.45) is 23.2 Å². The van der Waals surface area contributed by atoms with Crippen molar-refractivity contribution in [1.29, 1.82) is 0 Å². The number of hydrogen-bond donors (Lipinski definition) is 1. The third kappa shape index (κ3) is 3.70. The Morgan fingerprint density at radius 3 is 2.52 bits per heavy atom. The van der Waals surface area contributed by atoms with Gasteiger partial charge in [-0.1, -0.05) is 32.1 Å². The van der Waals surface area contributed by atoms with Crippen molar-refractivity contribution in [1.82, 2.24) is 4.90 Å². The number of carbonyl (C=O) groups excluding carboxylic acids is 3. The molecule has 31 heavy (non-hydrogen) atoms. The second kappa shape index (κ2) is 8.07. The Bertz CT molecular complexity index is 801. The molecule has 0 radical (unpaired) electrons. The van der Waals surface area contributed by atoms with Crippen molar-refractivity contribution < 1.29 is 37.4 Å². The fraction of sp³-hybridized carbons (Fsp3) is 0.682. The summed E-state index contributed by atoms with van der Waals surface area (Å²) in [5, 5.41) is 10.5. The number of aliphatic hydroxyl groups is 1. The average molecular weight is 443 g/mol. The van der Waals surface area contributed by atoms with Gasteiger partial charge in [-0.05, 0) is 55.3 Å². The maximum Gasteiger partial charge on any atom is 0.417 e. The lowest BCUT2D eigenvalue weighted by Gasteiger charge is -2.58. The molecule has 2 aliphatic carbocycles. The van der Waals surface area contributed by atoms with Crippen LogP contribution in [0.25, 0.3) is 0 Å². The van der Waals surface area contributed by atoms with Gasteiger partial charge in [0.05, 0.1) is 5.57 Å². The van der Waals surface area contributed by atoms with Crippen molar-refractivity contribution in [3.05, 3.63) is 23.8 Å². The third-order valence-corrected chi connectivity index (χ3v) is 7.95. The van der Waals surface area contributed by atoms with E-state index in [1.165, 1.54) is 6.92 Å². The number of esters is 1. The lowest BCUT2D eigenvalue weighted by Crippen LogP contribution is -2.61. The summed E-state index contributed by atoms with van der Waals surface area (Å²) in [5.74, 6) is -2.16. The highest BCUT2D eigenvalue weighted by molar-refractivity contribution is 5.93. The highest BCUT2D eigenvalue weighted by Crippen LogP contribution is 2.62. The standard InChI is InChI=1S/C22H28F3NO5/c1-13-4-6-17-14(2)21(30,22(23,24)25)9-8-20(17,3)16(13)7-5-15-18(10-31-19(15)29)26(11-27)12-28/h5,11-12,14,16-18,30H,1,4,6-10H2,2-3H3/b15-5+/t14-,16-,17-,18?,20+,21+/m1/s1. The number of rotatable bonds is 5. The molecule has 1 saturated heterocycles. The van der Waals surface area contributed by atoms with Crippen molar-refractivity contribution in [3.8, 4) is 0 Å². The molecular weight excluding hydrogens is 415 g/mol. The van der Waals surface area contributed by atoms with Gasteiger partial charge >= 0.3 is 12.1 Å². The summed E-state index contributed by atoms with van der Waals surface area (Å²) in [6.45, 7) is 7.42. The zero-order valence-corrected chi connectivity index (χ0v) is 17.7. The Morgan fingerprint density at radius 1 is 1.29 bits per heavy atom. The minimum Gasteiger partial charge on any atom is -0.460 e. The van der Waals surface area contributed by atoms with E-state index in [9.17, 15) is 32.7 Å². The molecule has 1 aliphatic heterocycles. The molecule has 2 amide bonds. The average Bonchev–Trinajstić information content (AvgIpc) is 3.05. The van der Waals surface area contributed by atoms with Gasteiger partial charge in [-0.15, -0.1) is 0 Å². The van der Waals surface area contributed by atoms with Crippen LogP contribution in [-0.2, 0) is 19.1 Å². The summed E-state index contributed by atoms with van der Waals surface area (Å²) in [6.07, 6.45) is -1.27. The molecule has 0 spiro atoms. The van der Waals surface area contributed by atoms with Crippen LogP contribution >= 0.6 is 0 Å².